The third-order valence-corrected chi connectivity index (χ3v) is 6.96. The van der Waals surface area contributed by atoms with Crippen molar-refractivity contribution in [2.45, 2.75) is 49.4 Å². The third-order valence-electron chi connectivity index (χ3n) is 6.96. The van der Waals surface area contributed by atoms with Crippen molar-refractivity contribution in [3.8, 4) is 0 Å². The van der Waals surface area contributed by atoms with Gasteiger partial charge in [-0.15, -0.1) is 0 Å². The van der Waals surface area contributed by atoms with E-state index in [0.29, 0.717) is 24.0 Å². The van der Waals surface area contributed by atoms with Gasteiger partial charge in [0.1, 0.15) is 0 Å². The number of benzene rings is 1. The lowest BCUT2D eigenvalue weighted by Gasteiger charge is -2.42. The number of allylic oxidation sites excluding steroid dienone is 1. The summed E-state index contributed by atoms with van der Waals surface area (Å²) in [6.07, 6.45) is 0.946. The molecule has 0 aromatic heterocycles. The zero-order chi connectivity index (χ0) is 19.6. The largest absolute Gasteiger partial charge is 0.416 e. The Morgan fingerprint density at radius 3 is 2.63 bits per heavy atom. The summed E-state index contributed by atoms with van der Waals surface area (Å²) in [4.78, 5) is 14.9. The van der Waals surface area contributed by atoms with E-state index < -0.39 is 28.8 Å². The van der Waals surface area contributed by atoms with Gasteiger partial charge in [-0.05, 0) is 68.6 Å². The zero-order valence-corrected chi connectivity index (χ0v) is 15.5. The number of nitrogens with zero attached hydrogens (tertiary/aromatic N) is 1. The van der Waals surface area contributed by atoms with Crippen molar-refractivity contribution in [1.29, 1.82) is 0 Å². The van der Waals surface area contributed by atoms with Crippen LogP contribution in [0.3, 0.4) is 0 Å². The number of aliphatic hydroxyl groups is 1. The number of hydrogen-bond donors (Lipinski definition) is 1. The van der Waals surface area contributed by atoms with Gasteiger partial charge in [-0.3, -0.25) is 9.69 Å². The summed E-state index contributed by atoms with van der Waals surface area (Å²) in [5.41, 5.74) is -1.53. The number of likely N-dealkylation sites (N-methyl/N-ethyl adjacent to an activating group) is 1. The second-order valence-corrected chi connectivity index (χ2v) is 8.43. The molecule has 1 aromatic carbocycles. The first-order chi connectivity index (χ1) is 12.6. The Balaban J connectivity index is 1.86. The molecule has 0 bridgehead atoms. The van der Waals surface area contributed by atoms with Gasteiger partial charge < -0.3 is 5.11 Å². The van der Waals surface area contributed by atoms with Crippen LogP contribution in [0.5, 0.6) is 0 Å². The molecule has 0 unspecified atom stereocenters. The topological polar surface area (TPSA) is 40.5 Å². The van der Waals surface area contributed by atoms with Gasteiger partial charge in [-0.2, -0.15) is 13.2 Å². The molecule has 2 saturated carbocycles. The average molecular weight is 379 g/mol. The highest BCUT2D eigenvalue weighted by Crippen LogP contribution is 2.62. The maximum absolute atomic E-state index is 13.2. The molecule has 1 aromatic rings. The fraction of sp³-hybridized carbons (Fsp3) is 0.571. The van der Waals surface area contributed by atoms with E-state index in [2.05, 4.69) is 0 Å². The molecule has 6 heteroatoms. The molecule has 0 heterocycles. The fourth-order valence-corrected chi connectivity index (χ4v) is 5.79. The Bertz CT molecular complexity index is 816. The standard InChI is InChI=1S/C21H24F3NO2/c1-25(2)19-12-15-7-3-4-9-20(15,27)18(19)17(26)11-16(19)13-6-5-8-14(10-13)21(22,23)24/h5-6,8,10-11,15,18,27H,3-4,7,9,12H2,1-2H3/t15-,18+,19+,20-/m0/s1. The number of alkyl halides is 3. The van der Waals surface area contributed by atoms with Crippen LogP contribution in [-0.4, -0.2) is 41.0 Å². The highest BCUT2D eigenvalue weighted by Gasteiger charge is 2.68. The number of halogens is 3. The smallest absolute Gasteiger partial charge is 0.389 e. The molecule has 0 aliphatic heterocycles. The summed E-state index contributed by atoms with van der Waals surface area (Å²) in [5, 5.41) is 11.5. The quantitative estimate of drug-likeness (QED) is 0.847. The molecule has 1 N–H and O–H groups in total. The lowest BCUT2D eigenvalue weighted by atomic mass is 9.71. The van der Waals surface area contributed by atoms with Gasteiger partial charge in [-0.25, -0.2) is 0 Å². The van der Waals surface area contributed by atoms with E-state index in [0.717, 1.165) is 31.4 Å². The van der Waals surface area contributed by atoms with E-state index in [1.54, 1.807) is 6.07 Å². The molecule has 3 aliphatic carbocycles. The molecule has 146 valence electrons. The number of carbonyl (C=O) groups is 1. The highest BCUT2D eigenvalue weighted by molar-refractivity contribution is 6.08. The van der Waals surface area contributed by atoms with Crippen LogP contribution in [0.25, 0.3) is 5.57 Å². The number of hydrogen-bond acceptors (Lipinski definition) is 3. The second kappa shape index (κ2) is 5.92. The highest BCUT2D eigenvalue weighted by atomic mass is 19.4. The number of ketones is 1. The van der Waals surface area contributed by atoms with Gasteiger partial charge in [0, 0.05) is 0 Å². The Hall–Kier alpha value is -1.66. The van der Waals surface area contributed by atoms with E-state index >= 15 is 0 Å². The molecule has 0 amide bonds. The first-order valence-electron chi connectivity index (χ1n) is 9.44. The summed E-state index contributed by atoms with van der Waals surface area (Å²) in [6.45, 7) is 0. The van der Waals surface area contributed by atoms with Gasteiger partial charge >= 0.3 is 6.18 Å². The first-order valence-corrected chi connectivity index (χ1v) is 9.44. The van der Waals surface area contributed by atoms with Crippen molar-refractivity contribution in [2.24, 2.45) is 11.8 Å². The Labute approximate surface area is 156 Å². The van der Waals surface area contributed by atoms with Gasteiger partial charge in [0.25, 0.3) is 0 Å². The molecule has 3 nitrogen and oxygen atoms in total. The summed E-state index contributed by atoms with van der Waals surface area (Å²) in [6, 6.07) is 5.19. The van der Waals surface area contributed by atoms with Crippen LogP contribution in [0, 0.1) is 11.8 Å². The third kappa shape index (κ3) is 2.53. The Morgan fingerprint density at radius 2 is 1.96 bits per heavy atom. The van der Waals surface area contributed by atoms with Gasteiger partial charge in [0.15, 0.2) is 5.78 Å². The van der Waals surface area contributed by atoms with Crippen molar-refractivity contribution in [3.05, 3.63) is 41.5 Å². The molecule has 3 aliphatic rings. The van der Waals surface area contributed by atoms with Crippen LogP contribution < -0.4 is 0 Å². The van der Waals surface area contributed by atoms with Crippen LogP contribution >= 0.6 is 0 Å². The predicted molar refractivity (Wildman–Crippen MR) is 95.9 cm³/mol. The van der Waals surface area contributed by atoms with Crippen molar-refractivity contribution in [3.63, 3.8) is 0 Å². The van der Waals surface area contributed by atoms with Crippen LogP contribution in [0.15, 0.2) is 30.3 Å². The van der Waals surface area contributed by atoms with Crippen LogP contribution in [0.1, 0.15) is 43.2 Å². The monoisotopic (exact) mass is 379 g/mol. The molecular weight excluding hydrogens is 355 g/mol. The number of carbonyl (C=O) groups excluding carboxylic acids is 1. The Morgan fingerprint density at radius 1 is 1.22 bits per heavy atom. The average Bonchev–Trinajstić information content (AvgIpc) is 3.06. The molecular formula is C21H24F3NO2. The molecule has 0 spiro atoms. The molecule has 0 saturated heterocycles. The van der Waals surface area contributed by atoms with E-state index in [1.807, 2.05) is 19.0 Å². The van der Waals surface area contributed by atoms with Crippen LogP contribution in [0.2, 0.25) is 0 Å². The number of rotatable bonds is 2. The molecule has 0 radical (unpaired) electrons. The van der Waals surface area contributed by atoms with Crippen molar-refractivity contribution in [2.75, 3.05) is 14.1 Å². The predicted octanol–water partition coefficient (Wildman–Crippen LogP) is 3.91. The van der Waals surface area contributed by atoms with Gasteiger partial charge in [0.2, 0.25) is 0 Å². The molecule has 27 heavy (non-hydrogen) atoms. The van der Waals surface area contributed by atoms with Crippen LogP contribution in [0.4, 0.5) is 13.2 Å². The SMILES string of the molecule is CN(C)[C@@]12C[C@@H]3CCCC[C@@]3(O)[C@@H]1C(=O)C=C2c1cccc(C(F)(F)F)c1. The van der Waals surface area contributed by atoms with E-state index in [4.69, 9.17) is 0 Å². The minimum Gasteiger partial charge on any atom is -0.389 e. The van der Waals surface area contributed by atoms with Crippen molar-refractivity contribution in [1.82, 2.24) is 4.90 Å². The summed E-state index contributed by atoms with van der Waals surface area (Å²) < 4.78 is 39.7. The summed E-state index contributed by atoms with van der Waals surface area (Å²) >= 11 is 0. The first kappa shape index (κ1) is 18.7. The molecule has 4 atom stereocenters. The minimum absolute atomic E-state index is 0.00269. The Kier molecular flexibility index (Phi) is 4.10. The van der Waals surface area contributed by atoms with Gasteiger partial charge in [0.05, 0.1) is 22.6 Å². The van der Waals surface area contributed by atoms with Crippen molar-refractivity contribution >= 4 is 11.4 Å². The maximum Gasteiger partial charge on any atom is 0.416 e. The van der Waals surface area contributed by atoms with E-state index in [1.165, 1.54) is 12.1 Å². The minimum atomic E-state index is -4.44. The second-order valence-electron chi connectivity index (χ2n) is 8.43. The van der Waals surface area contributed by atoms with E-state index in [-0.39, 0.29) is 11.7 Å². The zero-order valence-electron chi connectivity index (χ0n) is 15.5. The fourth-order valence-electron chi connectivity index (χ4n) is 5.79. The lowest BCUT2D eigenvalue weighted by Crippen LogP contribution is -2.53. The normalized spacial score (nSPS) is 36.0. The maximum atomic E-state index is 13.2. The number of fused-ring (bicyclic) bond motifs is 3. The van der Waals surface area contributed by atoms with Crippen molar-refractivity contribution < 1.29 is 23.1 Å². The van der Waals surface area contributed by atoms with E-state index in [9.17, 15) is 23.1 Å². The molecule has 2 fully saturated rings. The summed E-state index contributed by atoms with van der Waals surface area (Å²) in [7, 11) is 3.71. The summed E-state index contributed by atoms with van der Waals surface area (Å²) in [5.74, 6) is -0.782. The molecule has 4 rings (SSSR count). The van der Waals surface area contributed by atoms with Gasteiger partial charge in [-0.1, -0.05) is 25.0 Å². The lowest BCUT2D eigenvalue weighted by molar-refractivity contribution is -0.137. The van der Waals surface area contributed by atoms with Crippen LogP contribution in [-0.2, 0) is 11.0 Å².